The molecule has 58 heavy (non-hydrogen) atoms. The molecule has 17 nitrogen and oxygen atoms in total. The molecule has 0 saturated carbocycles. The number of thiophene rings is 2. The number of thioether (sulfide) groups is 1. The fourth-order valence-electron chi connectivity index (χ4n) is 5.49. The summed E-state index contributed by atoms with van der Waals surface area (Å²) in [6, 6.07) is 12.2. The smallest absolute Gasteiger partial charge is 0.297 e. The molecule has 5 aromatic rings. The van der Waals surface area contributed by atoms with Crippen LogP contribution in [0.4, 0.5) is 56.0 Å². The second kappa shape index (κ2) is 20.8. The minimum absolute atomic E-state index is 0.0373. The number of hydrogen-bond acceptors (Lipinski definition) is 19. The van der Waals surface area contributed by atoms with Gasteiger partial charge in [0.15, 0.2) is 10.2 Å². The number of methoxy groups -OCH3 is 2. The van der Waals surface area contributed by atoms with E-state index in [-0.39, 0.29) is 29.2 Å². The third-order valence-electron chi connectivity index (χ3n) is 8.22. The number of aliphatic hydroxyl groups is 1. The van der Waals surface area contributed by atoms with Gasteiger partial charge in [-0.25, -0.2) is 0 Å². The van der Waals surface area contributed by atoms with Crippen LogP contribution in [0.5, 0.6) is 11.5 Å². The fourth-order valence-corrected chi connectivity index (χ4v) is 9.74. The molecule has 3 heterocycles. The average Bonchev–Trinajstić information content (AvgIpc) is 3.81. The lowest BCUT2D eigenvalue weighted by Gasteiger charge is -2.25. The van der Waals surface area contributed by atoms with E-state index in [1.54, 1.807) is 19.2 Å². The molecule has 0 unspecified atom stereocenters. The molecule has 0 bridgehead atoms. The SMILES string of the molecule is CCN(CC)c1cc(Nc2nc(Nc3cc(N(CC)CC)c(OC)cc3/N=N/c3sc(Br)cc3S(=O)(=O)O)nc(SCCO)n2)c(/N=N/c2ccc(Br)s2)cc1OC. The van der Waals surface area contributed by atoms with Gasteiger partial charge < -0.3 is 35.0 Å². The van der Waals surface area contributed by atoms with Crippen molar-refractivity contribution in [3.63, 3.8) is 0 Å². The van der Waals surface area contributed by atoms with Gasteiger partial charge >= 0.3 is 0 Å². The van der Waals surface area contributed by atoms with Crippen molar-refractivity contribution in [2.24, 2.45) is 20.5 Å². The highest BCUT2D eigenvalue weighted by Gasteiger charge is 2.22. The molecule has 0 aliphatic rings. The minimum Gasteiger partial charge on any atom is -0.494 e. The van der Waals surface area contributed by atoms with Crippen molar-refractivity contribution in [2.45, 2.75) is 37.7 Å². The summed E-state index contributed by atoms with van der Waals surface area (Å²) in [5.74, 6) is 1.69. The summed E-state index contributed by atoms with van der Waals surface area (Å²) in [6.07, 6.45) is 0. The van der Waals surface area contributed by atoms with Gasteiger partial charge in [0.05, 0.1) is 51.1 Å². The highest BCUT2D eigenvalue weighted by atomic mass is 79.9. The molecule has 2 aromatic carbocycles. The molecule has 3 aromatic heterocycles. The van der Waals surface area contributed by atoms with Crippen LogP contribution in [0.3, 0.4) is 0 Å². The quantitative estimate of drug-likeness (QED) is 0.0325. The zero-order chi connectivity index (χ0) is 42.0. The molecule has 0 fully saturated rings. The summed E-state index contributed by atoms with van der Waals surface area (Å²) in [7, 11) is -1.45. The van der Waals surface area contributed by atoms with E-state index >= 15 is 0 Å². The zero-order valence-electron chi connectivity index (χ0n) is 32.2. The molecule has 310 valence electrons. The summed E-state index contributed by atoms with van der Waals surface area (Å²) in [6.45, 7) is 10.8. The highest BCUT2D eigenvalue weighted by molar-refractivity contribution is 9.11. The van der Waals surface area contributed by atoms with E-state index in [1.807, 2.05) is 38.1 Å². The molecule has 0 radical (unpaired) electrons. The van der Waals surface area contributed by atoms with Crippen molar-refractivity contribution in [3.8, 4) is 11.5 Å². The Hall–Kier alpha value is -3.97. The Balaban J connectivity index is 1.65. The number of nitrogens with zero attached hydrogens (tertiary/aromatic N) is 9. The van der Waals surface area contributed by atoms with Crippen LogP contribution in [0.15, 0.2) is 80.5 Å². The molecule has 4 N–H and O–H groups in total. The van der Waals surface area contributed by atoms with Crippen molar-refractivity contribution in [1.29, 1.82) is 0 Å². The summed E-state index contributed by atoms with van der Waals surface area (Å²) in [4.78, 5) is 17.9. The number of ether oxygens (including phenoxy) is 2. The van der Waals surface area contributed by atoms with Crippen LogP contribution in [0.25, 0.3) is 0 Å². The number of nitrogens with one attached hydrogen (secondary N) is 2. The summed E-state index contributed by atoms with van der Waals surface area (Å²) in [5, 5.41) is 34.9. The number of hydrogen-bond donors (Lipinski definition) is 4. The van der Waals surface area contributed by atoms with Gasteiger partial charge in [-0.05, 0) is 89.9 Å². The Morgan fingerprint density at radius 1 is 0.759 bits per heavy atom. The van der Waals surface area contributed by atoms with Crippen molar-refractivity contribution >= 4 is 132 Å². The van der Waals surface area contributed by atoms with Crippen molar-refractivity contribution in [1.82, 2.24) is 15.0 Å². The fraction of sp³-hybridized carbons (Fsp3) is 0.343. The van der Waals surface area contributed by atoms with Crippen LogP contribution in [-0.2, 0) is 10.1 Å². The maximum Gasteiger partial charge on any atom is 0.297 e. The molecule has 0 atom stereocenters. The topological polar surface area (TPSA) is 212 Å². The number of halogens is 2. The second-order valence-electron chi connectivity index (χ2n) is 11.7. The molecule has 5 rings (SSSR count). The van der Waals surface area contributed by atoms with Gasteiger partial charge in [0.2, 0.25) is 11.9 Å². The van der Waals surface area contributed by atoms with Gasteiger partial charge in [0, 0.05) is 44.1 Å². The normalized spacial score (nSPS) is 11.8. The molecule has 0 spiro atoms. The molecular weight excluding hydrogens is 959 g/mol. The average molecular weight is 1000 g/mol. The largest absolute Gasteiger partial charge is 0.494 e. The Kier molecular flexibility index (Phi) is 16.2. The van der Waals surface area contributed by atoms with E-state index in [0.717, 1.165) is 39.6 Å². The van der Waals surface area contributed by atoms with E-state index in [0.29, 0.717) is 61.3 Å². The lowest BCUT2D eigenvalue weighted by atomic mass is 10.2. The minimum atomic E-state index is -4.59. The number of anilines is 6. The Morgan fingerprint density at radius 3 is 1.74 bits per heavy atom. The first-order valence-corrected chi connectivity index (χ1v) is 23.3. The third kappa shape index (κ3) is 11.4. The van der Waals surface area contributed by atoms with Gasteiger partial charge in [0.25, 0.3) is 10.1 Å². The van der Waals surface area contributed by atoms with Crippen LogP contribution in [-0.4, -0.2) is 85.8 Å². The van der Waals surface area contributed by atoms with Crippen LogP contribution >= 0.6 is 66.3 Å². The van der Waals surface area contributed by atoms with Gasteiger partial charge in [-0.2, -0.15) is 23.4 Å². The standard InChI is InChI=1S/C35H41Br2N11O6S4/c1-7-47(8-2)24-15-20(22(17-26(24)53-5)43-45-31-12-11-29(36)56-31)38-33-40-34(42-35(41-33)55-14-13-49)39-21-16-25(48(9-3)10-4)27(54-6)18-23(21)44-46-32-28(58(50,51)52)19-30(37)57-32/h11-12,15-19,49H,7-10,13-14H2,1-6H3,(H,50,51,52)(H2,38,39,40,41,42)/b45-43+,46-44+. The number of azo groups is 2. The third-order valence-corrected chi connectivity index (χ3v) is 13.1. The number of aromatic nitrogens is 3. The van der Waals surface area contributed by atoms with Crippen LogP contribution in [0.1, 0.15) is 27.7 Å². The van der Waals surface area contributed by atoms with Crippen molar-refractivity contribution in [2.75, 3.05) is 73.2 Å². The Morgan fingerprint density at radius 2 is 1.29 bits per heavy atom. The highest BCUT2D eigenvalue weighted by Crippen LogP contribution is 2.44. The second-order valence-corrected chi connectivity index (χ2v) is 19.0. The van der Waals surface area contributed by atoms with Gasteiger partial charge in [-0.3, -0.25) is 4.55 Å². The first-order chi connectivity index (χ1) is 27.8. The van der Waals surface area contributed by atoms with E-state index in [1.165, 1.54) is 36.3 Å². The monoisotopic (exact) mass is 997 g/mol. The zero-order valence-corrected chi connectivity index (χ0v) is 38.7. The van der Waals surface area contributed by atoms with Crippen LogP contribution in [0.2, 0.25) is 0 Å². The summed E-state index contributed by atoms with van der Waals surface area (Å²) in [5.41, 5.74) is 3.21. The lowest BCUT2D eigenvalue weighted by Crippen LogP contribution is -2.22. The van der Waals surface area contributed by atoms with Gasteiger partial charge in [0.1, 0.15) is 32.8 Å². The predicted molar refractivity (Wildman–Crippen MR) is 240 cm³/mol. The molecule has 0 amide bonds. The molecule has 23 heteroatoms. The molecule has 0 aliphatic heterocycles. The van der Waals surface area contributed by atoms with Gasteiger partial charge in [-0.15, -0.1) is 43.1 Å². The van der Waals surface area contributed by atoms with E-state index in [2.05, 4.69) is 96.6 Å². The van der Waals surface area contributed by atoms with Crippen molar-refractivity contribution in [3.05, 3.63) is 50.0 Å². The Bertz CT molecular complexity index is 2370. The first-order valence-electron chi connectivity index (χ1n) is 17.7. The maximum absolute atomic E-state index is 12.1. The van der Waals surface area contributed by atoms with E-state index < -0.39 is 15.0 Å². The van der Waals surface area contributed by atoms with Crippen molar-refractivity contribution < 1.29 is 27.6 Å². The molecular formula is C35H41Br2N11O6S4. The van der Waals surface area contributed by atoms with E-state index in [9.17, 15) is 18.1 Å². The molecule has 0 saturated heterocycles. The number of aliphatic hydroxyl groups excluding tert-OH is 1. The van der Waals surface area contributed by atoms with Crippen LogP contribution in [0, 0.1) is 0 Å². The summed E-state index contributed by atoms with van der Waals surface area (Å²) >= 11 is 10.4. The van der Waals surface area contributed by atoms with E-state index in [4.69, 9.17) is 14.5 Å². The Labute approximate surface area is 365 Å². The number of benzene rings is 2. The molecule has 0 aliphatic carbocycles. The first kappa shape index (κ1) is 45.1. The maximum atomic E-state index is 12.1. The predicted octanol–water partition coefficient (Wildman–Crippen LogP) is 10.9. The summed E-state index contributed by atoms with van der Waals surface area (Å²) < 4.78 is 47.0. The lowest BCUT2D eigenvalue weighted by molar-refractivity contribution is 0.322. The van der Waals surface area contributed by atoms with Crippen LogP contribution < -0.4 is 29.9 Å². The van der Waals surface area contributed by atoms with Gasteiger partial charge in [-0.1, -0.05) is 11.8 Å². The number of rotatable bonds is 20.